The number of halogens is 3. The Morgan fingerprint density at radius 3 is 1.33 bits per heavy atom. The zero-order valence-corrected chi connectivity index (χ0v) is 5.79. The van der Waals surface area contributed by atoms with E-state index in [0.717, 1.165) is 0 Å². The van der Waals surface area contributed by atoms with Crippen LogP contribution in [0.2, 0.25) is 0 Å². The van der Waals surface area contributed by atoms with Gasteiger partial charge in [0.1, 0.15) is 0 Å². The maximum absolute atomic E-state index is 12.3. The Balaban J connectivity index is 3.88. The number of hydrogen-bond acceptors (Lipinski definition) is 0. The first kappa shape index (κ1) is 8.79. The van der Waals surface area contributed by atoms with E-state index in [4.69, 9.17) is 0 Å². The second-order valence-corrected chi connectivity index (χ2v) is 3.10. The average molecular weight is 140 g/mol. The van der Waals surface area contributed by atoms with Crippen molar-refractivity contribution in [1.82, 2.24) is 0 Å². The minimum absolute atomic E-state index is 0.936. The van der Waals surface area contributed by atoms with Crippen LogP contribution in [0.5, 0.6) is 0 Å². The third-order valence-electron chi connectivity index (χ3n) is 1.05. The van der Waals surface area contributed by atoms with Gasteiger partial charge in [0.05, 0.1) is 0 Å². The van der Waals surface area contributed by atoms with Crippen LogP contribution in [0.4, 0.5) is 13.2 Å². The van der Waals surface area contributed by atoms with Gasteiger partial charge in [-0.2, -0.15) is 0 Å². The number of alkyl halides is 3. The van der Waals surface area contributed by atoms with Gasteiger partial charge in [-0.05, 0) is 5.41 Å². The van der Waals surface area contributed by atoms with E-state index in [1.54, 1.807) is 0 Å². The van der Waals surface area contributed by atoms with Gasteiger partial charge in [0.25, 0.3) is 6.43 Å². The summed E-state index contributed by atoms with van der Waals surface area (Å²) >= 11 is 0. The molecule has 0 fully saturated rings. The van der Waals surface area contributed by atoms with E-state index < -0.39 is 18.0 Å². The minimum atomic E-state index is -2.86. The molecular weight excluding hydrogens is 129 g/mol. The highest BCUT2D eigenvalue weighted by Crippen LogP contribution is 2.26. The van der Waals surface area contributed by atoms with Crippen molar-refractivity contribution in [2.45, 2.75) is 33.4 Å². The van der Waals surface area contributed by atoms with Crippen LogP contribution < -0.4 is 0 Å². The molecule has 0 amide bonds. The largest absolute Gasteiger partial charge is 0.269 e. The Hall–Kier alpha value is -0.210. The molecule has 0 spiro atoms. The lowest BCUT2D eigenvalue weighted by Crippen LogP contribution is -2.28. The summed E-state index contributed by atoms with van der Waals surface area (Å²) in [5.41, 5.74) is -0.936. The summed E-state index contributed by atoms with van der Waals surface area (Å²) < 4.78 is 35.4. The summed E-state index contributed by atoms with van der Waals surface area (Å²) in [6.45, 7) is 4.34. The fourth-order valence-electron chi connectivity index (χ4n) is 0.378. The molecule has 0 nitrogen and oxygen atoms in total. The van der Waals surface area contributed by atoms with Crippen LogP contribution in [0.1, 0.15) is 20.8 Å². The first-order valence-electron chi connectivity index (χ1n) is 2.78. The summed E-state index contributed by atoms with van der Waals surface area (Å²) in [4.78, 5) is 0. The van der Waals surface area contributed by atoms with Crippen molar-refractivity contribution in [1.29, 1.82) is 0 Å². The van der Waals surface area contributed by atoms with Crippen molar-refractivity contribution in [2.75, 3.05) is 0 Å². The molecule has 3 heteroatoms. The normalized spacial score (nSPS) is 16.3. The van der Waals surface area contributed by atoms with Crippen molar-refractivity contribution in [3.63, 3.8) is 0 Å². The summed E-state index contributed by atoms with van der Waals surface area (Å²) in [5.74, 6) is 0. The highest BCUT2D eigenvalue weighted by Gasteiger charge is 2.32. The van der Waals surface area contributed by atoms with Gasteiger partial charge in [-0.15, -0.1) is 0 Å². The third kappa shape index (κ3) is 2.72. The molecule has 0 heterocycles. The van der Waals surface area contributed by atoms with E-state index in [-0.39, 0.29) is 0 Å². The molecule has 0 bridgehead atoms. The van der Waals surface area contributed by atoms with Crippen LogP contribution in [0.3, 0.4) is 0 Å². The van der Waals surface area contributed by atoms with Gasteiger partial charge in [-0.3, -0.25) is 0 Å². The molecule has 56 valence electrons. The SMILES string of the molecule is CC(C)(C)C(F)C(F)F. The van der Waals surface area contributed by atoms with Crippen molar-refractivity contribution in [2.24, 2.45) is 5.41 Å². The molecule has 0 aromatic carbocycles. The Morgan fingerprint density at radius 2 is 1.33 bits per heavy atom. The minimum Gasteiger partial charge on any atom is -0.241 e. The maximum Gasteiger partial charge on any atom is 0.269 e. The predicted molar refractivity (Wildman–Crippen MR) is 30.4 cm³/mol. The standard InChI is InChI=1S/C6H11F3/c1-6(2,3)4(7)5(8)9/h4-5H,1-3H3. The quantitative estimate of drug-likeness (QED) is 0.525. The van der Waals surface area contributed by atoms with Gasteiger partial charge in [0.15, 0.2) is 6.17 Å². The molecule has 0 aliphatic carbocycles. The molecule has 1 unspecified atom stereocenters. The smallest absolute Gasteiger partial charge is 0.241 e. The summed E-state index contributed by atoms with van der Waals surface area (Å²) in [6, 6.07) is 0. The number of hydrogen-bond donors (Lipinski definition) is 0. The van der Waals surface area contributed by atoms with Crippen molar-refractivity contribution in [3.05, 3.63) is 0 Å². The molecule has 0 N–H and O–H groups in total. The molecule has 0 radical (unpaired) electrons. The van der Waals surface area contributed by atoms with E-state index in [2.05, 4.69) is 0 Å². The Kier molecular flexibility index (Phi) is 2.52. The first-order valence-corrected chi connectivity index (χ1v) is 2.78. The fraction of sp³-hybridized carbons (Fsp3) is 1.00. The van der Waals surface area contributed by atoms with Gasteiger partial charge in [0.2, 0.25) is 0 Å². The van der Waals surface area contributed by atoms with Gasteiger partial charge in [-0.25, -0.2) is 13.2 Å². The molecule has 0 saturated carbocycles. The Labute approximate surface area is 53.1 Å². The van der Waals surface area contributed by atoms with E-state index in [0.29, 0.717) is 0 Å². The highest BCUT2D eigenvalue weighted by molar-refractivity contribution is 4.74. The fourth-order valence-corrected chi connectivity index (χ4v) is 0.378. The molecule has 0 aromatic rings. The van der Waals surface area contributed by atoms with E-state index >= 15 is 0 Å². The van der Waals surface area contributed by atoms with Gasteiger partial charge in [-0.1, -0.05) is 20.8 Å². The molecule has 0 rings (SSSR count). The third-order valence-corrected chi connectivity index (χ3v) is 1.05. The molecule has 9 heavy (non-hydrogen) atoms. The van der Waals surface area contributed by atoms with Crippen LogP contribution in [0.25, 0.3) is 0 Å². The van der Waals surface area contributed by atoms with Gasteiger partial charge < -0.3 is 0 Å². The lowest BCUT2D eigenvalue weighted by Gasteiger charge is -2.22. The average Bonchev–Trinajstić information content (AvgIpc) is 1.62. The molecule has 0 aromatic heterocycles. The summed E-state index contributed by atoms with van der Waals surface area (Å²) in [6.07, 6.45) is -4.87. The predicted octanol–water partition coefficient (Wildman–Crippen LogP) is 2.64. The van der Waals surface area contributed by atoms with E-state index in [9.17, 15) is 13.2 Å². The van der Waals surface area contributed by atoms with Gasteiger partial charge >= 0.3 is 0 Å². The lowest BCUT2D eigenvalue weighted by atomic mass is 9.91. The van der Waals surface area contributed by atoms with Crippen LogP contribution in [-0.2, 0) is 0 Å². The van der Waals surface area contributed by atoms with Crippen molar-refractivity contribution in [3.8, 4) is 0 Å². The van der Waals surface area contributed by atoms with E-state index in [1.807, 2.05) is 0 Å². The zero-order chi connectivity index (χ0) is 7.65. The maximum atomic E-state index is 12.3. The number of rotatable bonds is 1. The van der Waals surface area contributed by atoms with Crippen LogP contribution >= 0.6 is 0 Å². The Bertz CT molecular complexity index is 82.8. The highest BCUT2D eigenvalue weighted by atomic mass is 19.3. The summed E-state index contributed by atoms with van der Waals surface area (Å²) in [5, 5.41) is 0. The van der Waals surface area contributed by atoms with E-state index in [1.165, 1.54) is 20.8 Å². The van der Waals surface area contributed by atoms with Crippen molar-refractivity contribution < 1.29 is 13.2 Å². The summed E-state index contributed by atoms with van der Waals surface area (Å²) in [7, 11) is 0. The second-order valence-electron chi connectivity index (χ2n) is 3.10. The van der Waals surface area contributed by atoms with Gasteiger partial charge in [0, 0.05) is 0 Å². The zero-order valence-electron chi connectivity index (χ0n) is 5.79. The topological polar surface area (TPSA) is 0 Å². The molecule has 0 saturated heterocycles. The van der Waals surface area contributed by atoms with Crippen LogP contribution in [0.15, 0.2) is 0 Å². The monoisotopic (exact) mass is 140 g/mol. The Morgan fingerprint density at radius 1 is 1.00 bits per heavy atom. The first-order chi connectivity index (χ1) is 3.85. The molecule has 0 aliphatic heterocycles. The lowest BCUT2D eigenvalue weighted by molar-refractivity contribution is -0.00960. The van der Waals surface area contributed by atoms with Crippen molar-refractivity contribution >= 4 is 0 Å². The molecular formula is C6H11F3. The molecule has 0 aliphatic rings. The second kappa shape index (κ2) is 2.58. The van der Waals surface area contributed by atoms with Crippen LogP contribution in [-0.4, -0.2) is 12.6 Å². The molecule has 1 atom stereocenters. The van der Waals surface area contributed by atoms with Crippen LogP contribution in [0, 0.1) is 5.41 Å².